The maximum atomic E-state index is 13.6. The maximum Gasteiger partial charge on any atom is 0.326 e. The molecule has 2 atom stereocenters. The first kappa shape index (κ1) is 23.3. The summed E-state index contributed by atoms with van der Waals surface area (Å²) >= 11 is 0. The van der Waals surface area contributed by atoms with Gasteiger partial charge >= 0.3 is 5.97 Å². The Morgan fingerprint density at radius 1 is 0.692 bits per heavy atom. The second kappa shape index (κ2) is 8.91. The number of carbonyl (C=O) groups is 4. The third kappa shape index (κ3) is 3.57. The van der Waals surface area contributed by atoms with Gasteiger partial charge in [0.15, 0.2) is 6.61 Å². The topological polar surface area (TPSA) is 92.8 Å². The van der Waals surface area contributed by atoms with Crippen molar-refractivity contribution in [3.8, 4) is 0 Å². The lowest BCUT2D eigenvalue weighted by Crippen LogP contribution is -2.41. The number of amides is 3. The molecule has 1 N–H and O–H groups in total. The molecule has 3 aliphatic carbocycles. The molecule has 4 aromatic carbocycles. The van der Waals surface area contributed by atoms with E-state index in [9.17, 15) is 19.2 Å². The first-order chi connectivity index (χ1) is 19.0. The molecule has 0 unspecified atom stereocenters. The Hall–Kier alpha value is -4.78. The highest BCUT2D eigenvalue weighted by Crippen LogP contribution is 2.60. The van der Waals surface area contributed by atoms with E-state index in [1.54, 1.807) is 6.07 Å². The molecule has 4 aliphatic rings. The second-order valence-corrected chi connectivity index (χ2v) is 10.3. The number of benzene rings is 4. The van der Waals surface area contributed by atoms with Gasteiger partial charge < -0.3 is 10.1 Å². The molecule has 3 amide bonds. The van der Waals surface area contributed by atoms with Gasteiger partial charge in [0.05, 0.1) is 11.8 Å². The van der Waals surface area contributed by atoms with Gasteiger partial charge in [0.25, 0.3) is 5.91 Å². The minimum Gasteiger partial charge on any atom is -0.454 e. The number of fused-ring (bicyclic) bond motifs is 1. The molecule has 8 rings (SSSR count). The van der Waals surface area contributed by atoms with Gasteiger partial charge in [0.1, 0.15) is 6.54 Å². The number of nitrogens with zero attached hydrogens (tertiary/aromatic N) is 1. The van der Waals surface area contributed by atoms with Crippen LogP contribution in [0.1, 0.15) is 34.1 Å². The molecule has 2 bridgehead atoms. The Bertz CT molecular complexity index is 1570. The van der Waals surface area contributed by atoms with Gasteiger partial charge in [0, 0.05) is 22.9 Å². The smallest absolute Gasteiger partial charge is 0.326 e. The first-order valence-corrected chi connectivity index (χ1v) is 13.0. The zero-order valence-corrected chi connectivity index (χ0v) is 20.9. The molecular weight excluding hydrogens is 492 g/mol. The van der Waals surface area contributed by atoms with Crippen LogP contribution in [-0.4, -0.2) is 41.7 Å². The summed E-state index contributed by atoms with van der Waals surface area (Å²) in [6.07, 6.45) is 0. The average molecular weight is 517 g/mol. The molecule has 1 heterocycles. The van der Waals surface area contributed by atoms with Gasteiger partial charge in [-0.25, -0.2) is 0 Å². The van der Waals surface area contributed by atoms with Gasteiger partial charge in [0.2, 0.25) is 11.8 Å². The molecule has 1 fully saturated rings. The number of ether oxygens (including phenoxy) is 1. The van der Waals surface area contributed by atoms with Crippen molar-refractivity contribution < 1.29 is 23.9 Å². The molecule has 0 aromatic heterocycles. The highest BCUT2D eigenvalue weighted by Gasteiger charge is 2.61. The van der Waals surface area contributed by atoms with E-state index >= 15 is 0 Å². The van der Waals surface area contributed by atoms with E-state index in [0.29, 0.717) is 5.69 Å². The number of anilines is 1. The summed E-state index contributed by atoms with van der Waals surface area (Å²) in [5.41, 5.74) is 4.88. The number of likely N-dealkylation sites (tertiary alicyclic amines) is 1. The quantitative estimate of drug-likeness (QED) is 0.317. The first-order valence-electron chi connectivity index (χ1n) is 13.0. The average Bonchev–Trinajstić information content (AvgIpc) is 3.21. The predicted octanol–water partition coefficient (Wildman–Crippen LogP) is 4.21. The lowest BCUT2D eigenvalue weighted by atomic mass is 9.55. The molecule has 1 saturated heterocycles. The summed E-state index contributed by atoms with van der Waals surface area (Å²) in [5.74, 6) is -3.62. The Morgan fingerprint density at radius 2 is 1.21 bits per heavy atom. The van der Waals surface area contributed by atoms with Crippen molar-refractivity contribution in [2.24, 2.45) is 11.8 Å². The molecule has 0 radical (unpaired) electrons. The third-order valence-electron chi connectivity index (χ3n) is 8.25. The van der Waals surface area contributed by atoms with Crippen LogP contribution in [0.5, 0.6) is 0 Å². The number of carbonyl (C=O) groups excluding carboxylic acids is 4. The maximum absolute atomic E-state index is 13.6. The largest absolute Gasteiger partial charge is 0.454 e. The van der Waals surface area contributed by atoms with Crippen molar-refractivity contribution >= 4 is 40.2 Å². The van der Waals surface area contributed by atoms with Crippen LogP contribution >= 0.6 is 0 Å². The van der Waals surface area contributed by atoms with E-state index in [2.05, 4.69) is 5.32 Å². The Kier molecular flexibility index (Phi) is 5.33. The van der Waals surface area contributed by atoms with Crippen molar-refractivity contribution in [1.82, 2.24) is 4.90 Å². The molecule has 192 valence electrons. The van der Waals surface area contributed by atoms with Crippen molar-refractivity contribution in [2.75, 3.05) is 18.5 Å². The van der Waals surface area contributed by atoms with E-state index in [4.69, 9.17) is 4.74 Å². The Labute approximate surface area is 224 Å². The van der Waals surface area contributed by atoms with Crippen molar-refractivity contribution in [1.29, 1.82) is 0 Å². The number of hydrogen-bond acceptors (Lipinski definition) is 5. The highest BCUT2D eigenvalue weighted by molar-refractivity contribution is 6.09. The molecule has 7 heteroatoms. The summed E-state index contributed by atoms with van der Waals surface area (Å²) < 4.78 is 5.20. The zero-order valence-electron chi connectivity index (χ0n) is 20.9. The van der Waals surface area contributed by atoms with Crippen molar-refractivity contribution in [2.45, 2.75) is 11.8 Å². The van der Waals surface area contributed by atoms with Crippen LogP contribution in [-0.2, 0) is 23.9 Å². The van der Waals surface area contributed by atoms with E-state index in [-0.39, 0.29) is 23.7 Å². The van der Waals surface area contributed by atoms with Gasteiger partial charge in [-0.1, -0.05) is 84.9 Å². The normalized spacial score (nSPS) is 22.3. The molecule has 1 aliphatic heterocycles. The van der Waals surface area contributed by atoms with E-state index in [1.807, 2.05) is 84.9 Å². The van der Waals surface area contributed by atoms with Crippen molar-refractivity contribution in [3.05, 3.63) is 113 Å². The fraction of sp³-hybridized carbons (Fsp3) is 0.188. The van der Waals surface area contributed by atoms with Crippen LogP contribution in [0.3, 0.4) is 0 Å². The minimum absolute atomic E-state index is 0.239. The summed E-state index contributed by atoms with van der Waals surface area (Å²) in [4.78, 5) is 53.5. The Balaban J connectivity index is 1.07. The highest BCUT2D eigenvalue weighted by atomic mass is 16.5. The van der Waals surface area contributed by atoms with Crippen LogP contribution in [0.2, 0.25) is 0 Å². The molecular formula is C32H24N2O5. The summed E-state index contributed by atoms with van der Waals surface area (Å²) in [6, 6.07) is 29.1. The zero-order chi connectivity index (χ0) is 26.7. The summed E-state index contributed by atoms with van der Waals surface area (Å²) in [6.45, 7) is -1.04. The fourth-order valence-electron chi connectivity index (χ4n) is 6.74. The van der Waals surface area contributed by atoms with E-state index < -0.39 is 36.9 Å². The van der Waals surface area contributed by atoms with Gasteiger partial charge in [-0.15, -0.1) is 0 Å². The van der Waals surface area contributed by atoms with Gasteiger partial charge in [-0.05, 0) is 33.7 Å². The van der Waals surface area contributed by atoms with Crippen molar-refractivity contribution in [3.63, 3.8) is 0 Å². The van der Waals surface area contributed by atoms with Gasteiger partial charge in [-0.3, -0.25) is 24.1 Å². The van der Waals surface area contributed by atoms with Gasteiger partial charge in [-0.2, -0.15) is 0 Å². The van der Waals surface area contributed by atoms with Crippen LogP contribution in [0.25, 0.3) is 10.8 Å². The number of rotatable bonds is 5. The SMILES string of the molecule is O=C(COC(=O)CN1C(=O)[C@@H]2C3c4ccccc4C(c4ccccc43)[C@@H]2C1=O)Nc1cccc2ccccc12. The second-order valence-electron chi connectivity index (χ2n) is 10.3. The molecule has 0 spiro atoms. The number of hydrogen-bond donors (Lipinski definition) is 1. The third-order valence-corrected chi connectivity index (χ3v) is 8.25. The molecule has 0 saturated carbocycles. The minimum atomic E-state index is -0.800. The lowest BCUT2D eigenvalue weighted by Gasteiger charge is -2.45. The predicted molar refractivity (Wildman–Crippen MR) is 144 cm³/mol. The number of imide groups is 1. The monoisotopic (exact) mass is 516 g/mol. The van der Waals surface area contributed by atoms with E-state index in [0.717, 1.165) is 37.9 Å². The van der Waals surface area contributed by atoms with Crippen LogP contribution in [0.15, 0.2) is 91.0 Å². The fourth-order valence-corrected chi connectivity index (χ4v) is 6.74. The number of esters is 1. The van der Waals surface area contributed by atoms with E-state index in [1.165, 1.54) is 0 Å². The number of nitrogens with one attached hydrogen (secondary N) is 1. The summed E-state index contributed by atoms with van der Waals surface area (Å²) in [5, 5.41) is 4.61. The van der Waals surface area contributed by atoms with Crippen LogP contribution < -0.4 is 5.32 Å². The molecule has 39 heavy (non-hydrogen) atoms. The Morgan fingerprint density at radius 3 is 1.79 bits per heavy atom. The molecule has 4 aromatic rings. The van der Waals surface area contributed by atoms with Crippen LogP contribution in [0, 0.1) is 11.8 Å². The summed E-state index contributed by atoms with van der Waals surface area (Å²) in [7, 11) is 0. The molecule has 7 nitrogen and oxygen atoms in total. The standard InChI is InChI=1S/C32H24N2O5/c35-25(33-24-15-7-9-18-8-1-2-10-19(18)24)17-39-26(36)16-34-31(37)29-27-20-11-3-4-12-21(20)28(30(29)32(34)38)23-14-6-5-13-22(23)27/h1-15,27-30H,16-17H2,(H,33,35)/t27?,28?,29-,30+. The lowest BCUT2D eigenvalue weighted by molar-refractivity contribution is -0.154. The van der Waals surface area contributed by atoms with Crippen LogP contribution in [0.4, 0.5) is 5.69 Å².